The van der Waals surface area contributed by atoms with Crippen LogP contribution in [0.5, 0.6) is 0 Å². The molecule has 1 fully saturated rings. The van der Waals surface area contributed by atoms with E-state index in [9.17, 15) is 14.9 Å². The van der Waals surface area contributed by atoms with Gasteiger partial charge in [-0.15, -0.1) is 0 Å². The highest BCUT2D eigenvalue weighted by Gasteiger charge is 2.56. The fourth-order valence-electron chi connectivity index (χ4n) is 4.02. The van der Waals surface area contributed by atoms with E-state index in [0.29, 0.717) is 18.4 Å². The van der Waals surface area contributed by atoms with E-state index in [1.54, 1.807) is 12.1 Å². The van der Waals surface area contributed by atoms with E-state index in [1.165, 1.54) is 7.11 Å². The van der Waals surface area contributed by atoms with Crippen LogP contribution in [0, 0.1) is 16.7 Å². The number of esters is 1. The number of benzene rings is 1. The predicted molar refractivity (Wildman–Crippen MR) is 87.9 cm³/mol. The highest BCUT2D eigenvalue weighted by Crippen LogP contribution is 2.52. The van der Waals surface area contributed by atoms with Crippen molar-refractivity contribution in [3.05, 3.63) is 35.5 Å². The normalized spacial score (nSPS) is 23.1. The fourth-order valence-corrected chi connectivity index (χ4v) is 4.02. The van der Waals surface area contributed by atoms with Crippen molar-refractivity contribution < 1.29 is 14.3 Å². The molecule has 0 saturated heterocycles. The topological polar surface area (TPSA) is 98.1 Å². The monoisotopic (exact) mass is 325 g/mol. The summed E-state index contributed by atoms with van der Waals surface area (Å²) in [6.07, 6.45) is 3.70. The maximum atomic E-state index is 12.4. The van der Waals surface area contributed by atoms with Crippen LogP contribution < -0.4 is 5.73 Å². The number of nitrogens with two attached hydrogens (primary N) is 1. The molecule has 1 aliphatic carbocycles. The van der Waals surface area contributed by atoms with Crippen molar-refractivity contribution in [3.8, 4) is 6.07 Å². The Balaban J connectivity index is 2.24. The minimum absolute atomic E-state index is 0.347. The second-order valence-electron chi connectivity index (χ2n) is 6.31. The van der Waals surface area contributed by atoms with Gasteiger partial charge in [-0.2, -0.15) is 5.26 Å². The molecule has 1 heterocycles. The van der Waals surface area contributed by atoms with Crippen LogP contribution in [0.4, 0.5) is 0 Å². The van der Waals surface area contributed by atoms with Crippen LogP contribution >= 0.6 is 0 Å². The van der Waals surface area contributed by atoms with Gasteiger partial charge in [-0.3, -0.25) is 9.59 Å². The summed E-state index contributed by atoms with van der Waals surface area (Å²) < 4.78 is 6.85. The van der Waals surface area contributed by atoms with Gasteiger partial charge >= 0.3 is 5.97 Å². The molecule has 1 aliphatic rings. The van der Waals surface area contributed by atoms with Crippen molar-refractivity contribution in [1.29, 1.82) is 5.26 Å². The Bertz CT molecular complexity index is 877. The molecule has 3 rings (SSSR count). The number of nitrogens with zero attached hydrogens (tertiary/aromatic N) is 2. The molecule has 0 bridgehead atoms. The Morgan fingerprint density at radius 1 is 1.46 bits per heavy atom. The summed E-state index contributed by atoms with van der Waals surface area (Å²) in [7, 11) is 3.18. The van der Waals surface area contributed by atoms with Gasteiger partial charge in [0.2, 0.25) is 5.91 Å². The van der Waals surface area contributed by atoms with Crippen molar-refractivity contribution in [3.63, 3.8) is 0 Å². The number of fused-ring (bicyclic) bond motifs is 1. The molecule has 0 aliphatic heterocycles. The lowest BCUT2D eigenvalue weighted by Gasteiger charge is -2.29. The summed E-state index contributed by atoms with van der Waals surface area (Å²) in [6, 6.07) is 7.55. The lowest BCUT2D eigenvalue weighted by Crippen LogP contribution is -2.46. The first-order valence-corrected chi connectivity index (χ1v) is 7.83. The van der Waals surface area contributed by atoms with Gasteiger partial charge in [-0.05, 0) is 36.6 Å². The van der Waals surface area contributed by atoms with Gasteiger partial charge < -0.3 is 15.0 Å². The number of aryl methyl sites for hydroxylation is 1. The number of hydrogen-bond acceptors (Lipinski definition) is 4. The van der Waals surface area contributed by atoms with Gasteiger partial charge in [0, 0.05) is 30.1 Å². The highest BCUT2D eigenvalue weighted by atomic mass is 16.5. The second kappa shape index (κ2) is 5.68. The largest absolute Gasteiger partial charge is 0.468 e. The van der Waals surface area contributed by atoms with E-state index in [0.717, 1.165) is 22.9 Å². The number of amides is 1. The minimum Gasteiger partial charge on any atom is -0.468 e. The number of ether oxygens (including phenoxy) is 1. The summed E-state index contributed by atoms with van der Waals surface area (Å²) >= 11 is 0. The van der Waals surface area contributed by atoms with E-state index in [1.807, 2.05) is 23.9 Å². The van der Waals surface area contributed by atoms with Gasteiger partial charge in [-0.1, -0.05) is 6.42 Å². The van der Waals surface area contributed by atoms with Gasteiger partial charge in [0.05, 0.1) is 18.7 Å². The number of carbonyl (C=O) groups excluding carboxylic acids is 2. The minimum atomic E-state index is -1.34. The van der Waals surface area contributed by atoms with Crippen LogP contribution in [0.25, 0.3) is 10.9 Å². The van der Waals surface area contributed by atoms with Crippen molar-refractivity contribution in [2.45, 2.75) is 25.2 Å². The molecule has 2 aromatic rings. The fraction of sp³-hybridized carbons (Fsp3) is 0.389. The third-order valence-corrected chi connectivity index (χ3v) is 5.17. The molecule has 2 unspecified atom stereocenters. The summed E-state index contributed by atoms with van der Waals surface area (Å²) in [6.45, 7) is 0. The van der Waals surface area contributed by atoms with Crippen molar-refractivity contribution in [1.82, 2.24) is 4.57 Å². The molecule has 2 atom stereocenters. The van der Waals surface area contributed by atoms with E-state index in [-0.39, 0.29) is 5.92 Å². The summed E-state index contributed by atoms with van der Waals surface area (Å²) in [5, 5.41) is 10.0. The van der Waals surface area contributed by atoms with Gasteiger partial charge in [0.15, 0.2) is 5.41 Å². The smallest absolute Gasteiger partial charge is 0.321 e. The molecule has 24 heavy (non-hydrogen) atoms. The summed E-state index contributed by atoms with van der Waals surface area (Å²) in [5.41, 5.74) is 6.65. The Labute approximate surface area is 139 Å². The van der Waals surface area contributed by atoms with Crippen LogP contribution in [0.1, 0.15) is 36.3 Å². The molecular weight excluding hydrogens is 306 g/mol. The Morgan fingerprint density at radius 2 is 2.21 bits per heavy atom. The first-order chi connectivity index (χ1) is 11.5. The van der Waals surface area contributed by atoms with Crippen LogP contribution in [-0.2, 0) is 21.4 Å². The van der Waals surface area contributed by atoms with Crippen LogP contribution in [-0.4, -0.2) is 23.6 Å². The van der Waals surface area contributed by atoms with Crippen LogP contribution in [0.15, 0.2) is 24.4 Å². The summed E-state index contributed by atoms with van der Waals surface area (Å²) in [4.78, 5) is 24.7. The average molecular weight is 325 g/mol. The molecule has 0 spiro atoms. The molecule has 124 valence electrons. The number of aromatic nitrogens is 1. The zero-order valence-corrected chi connectivity index (χ0v) is 13.7. The van der Waals surface area contributed by atoms with Gasteiger partial charge in [0.1, 0.15) is 0 Å². The number of hydrogen-bond donors (Lipinski definition) is 1. The van der Waals surface area contributed by atoms with E-state index >= 15 is 0 Å². The lowest BCUT2D eigenvalue weighted by atomic mass is 9.73. The van der Waals surface area contributed by atoms with Gasteiger partial charge in [0.25, 0.3) is 0 Å². The quantitative estimate of drug-likeness (QED) is 0.689. The molecule has 1 saturated carbocycles. The van der Waals surface area contributed by atoms with E-state index in [4.69, 9.17) is 10.5 Å². The summed E-state index contributed by atoms with van der Waals surface area (Å²) in [5.74, 6) is -1.57. The maximum Gasteiger partial charge on any atom is 0.321 e. The van der Waals surface area contributed by atoms with E-state index in [2.05, 4.69) is 6.07 Å². The van der Waals surface area contributed by atoms with Crippen molar-refractivity contribution in [2.75, 3.05) is 7.11 Å². The van der Waals surface area contributed by atoms with Crippen LogP contribution in [0.3, 0.4) is 0 Å². The molecule has 2 N–H and O–H groups in total. The zero-order valence-electron chi connectivity index (χ0n) is 13.7. The predicted octanol–water partition coefficient (Wildman–Crippen LogP) is 1.96. The first-order valence-electron chi connectivity index (χ1n) is 7.83. The lowest BCUT2D eigenvalue weighted by molar-refractivity contribution is -0.158. The Hall–Kier alpha value is -2.81. The molecule has 6 nitrogen and oxygen atoms in total. The second-order valence-corrected chi connectivity index (χ2v) is 6.31. The van der Waals surface area contributed by atoms with E-state index < -0.39 is 17.3 Å². The Morgan fingerprint density at radius 3 is 2.83 bits per heavy atom. The highest BCUT2D eigenvalue weighted by molar-refractivity contribution is 6.04. The molecule has 6 heteroatoms. The molecular formula is C18H19N3O3. The Kier molecular flexibility index (Phi) is 3.80. The molecule has 1 aromatic carbocycles. The zero-order chi connectivity index (χ0) is 17.5. The maximum absolute atomic E-state index is 12.4. The van der Waals surface area contributed by atoms with Crippen LogP contribution in [0.2, 0.25) is 0 Å². The number of carbonyl (C=O) groups is 2. The molecule has 1 aromatic heterocycles. The SMILES string of the molecule is COC(=O)C1(C(N)=O)CCCC1c1cn(C)c2ccc(C#N)cc12. The number of primary amides is 1. The molecule has 0 radical (unpaired) electrons. The third-order valence-electron chi connectivity index (χ3n) is 5.17. The molecule has 1 amide bonds. The van der Waals surface area contributed by atoms with Crippen molar-refractivity contribution in [2.24, 2.45) is 18.2 Å². The van der Waals surface area contributed by atoms with Gasteiger partial charge in [-0.25, -0.2) is 0 Å². The number of nitriles is 1. The first kappa shape index (κ1) is 16.1. The van der Waals surface area contributed by atoms with Crippen molar-refractivity contribution >= 4 is 22.8 Å². The number of methoxy groups -OCH3 is 1. The number of rotatable bonds is 3. The average Bonchev–Trinajstić information content (AvgIpc) is 3.16. The third kappa shape index (κ3) is 2.08. The standard InChI is InChI=1S/C18H19N3O3/c1-21-10-13(12-8-11(9-19)5-6-15(12)21)14-4-3-7-18(14,16(20)22)17(23)24-2/h5-6,8,10,14H,3-4,7H2,1-2H3,(H2,20,22).